The zero-order valence-electron chi connectivity index (χ0n) is 11.6. The van der Waals surface area contributed by atoms with Crippen molar-refractivity contribution in [1.82, 2.24) is 20.0 Å². The number of ether oxygens (including phenoxy) is 1. The van der Waals surface area contributed by atoms with Gasteiger partial charge in [0, 0.05) is 31.4 Å². The monoisotopic (exact) mass is 252 g/mol. The Hall–Kier alpha value is -0.910. The zero-order valence-corrected chi connectivity index (χ0v) is 11.6. The molecule has 0 aliphatic carbocycles. The first-order chi connectivity index (χ1) is 8.78. The van der Waals surface area contributed by atoms with E-state index in [4.69, 9.17) is 4.74 Å². The predicted molar refractivity (Wildman–Crippen MR) is 71.6 cm³/mol. The molecule has 0 bridgehead atoms. The van der Waals surface area contributed by atoms with Crippen molar-refractivity contribution in [3.63, 3.8) is 0 Å². The fourth-order valence-electron chi connectivity index (χ4n) is 2.50. The van der Waals surface area contributed by atoms with E-state index >= 15 is 0 Å². The van der Waals surface area contributed by atoms with Gasteiger partial charge in [0.1, 0.15) is 0 Å². The van der Waals surface area contributed by atoms with E-state index in [0.717, 1.165) is 32.8 Å². The summed E-state index contributed by atoms with van der Waals surface area (Å²) >= 11 is 0. The highest BCUT2D eigenvalue weighted by molar-refractivity contribution is 5.13. The molecule has 1 aromatic heterocycles. The summed E-state index contributed by atoms with van der Waals surface area (Å²) in [4.78, 5) is 2.43. The fourth-order valence-corrected chi connectivity index (χ4v) is 2.50. The standard InChI is InChI=1S/C13H24N4O/c1-4-16-6-7-18-12(10-16)13(14-3)11-8-15-17(5-2)9-11/h8-9,12-14H,4-7,10H2,1-3H3. The SMILES string of the molecule is CCN1CCOC(C(NC)c2cnn(CC)c2)C1. The Kier molecular flexibility index (Phi) is 4.74. The van der Waals surface area contributed by atoms with Crippen LogP contribution in [0.5, 0.6) is 0 Å². The van der Waals surface area contributed by atoms with E-state index in [2.05, 4.69) is 35.4 Å². The summed E-state index contributed by atoms with van der Waals surface area (Å²) in [6.45, 7) is 9.14. The molecule has 5 nitrogen and oxygen atoms in total. The Morgan fingerprint density at radius 3 is 2.94 bits per heavy atom. The quantitative estimate of drug-likeness (QED) is 0.845. The van der Waals surface area contributed by atoms with Gasteiger partial charge in [0.05, 0.1) is 24.9 Å². The minimum atomic E-state index is 0.207. The molecule has 0 aromatic carbocycles. The Labute approximate surface area is 109 Å². The second kappa shape index (κ2) is 6.31. The van der Waals surface area contributed by atoms with Crippen LogP contribution in [0.25, 0.3) is 0 Å². The molecule has 1 aromatic rings. The molecule has 2 atom stereocenters. The molecule has 2 heterocycles. The van der Waals surface area contributed by atoms with Crippen molar-refractivity contribution in [2.24, 2.45) is 0 Å². The molecule has 1 N–H and O–H groups in total. The summed E-state index contributed by atoms with van der Waals surface area (Å²) in [5.41, 5.74) is 1.21. The highest BCUT2D eigenvalue weighted by Gasteiger charge is 2.28. The van der Waals surface area contributed by atoms with Crippen LogP contribution in [0.4, 0.5) is 0 Å². The third-order valence-corrected chi connectivity index (χ3v) is 3.64. The highest BCUT2D eigenvalue weighted by Crippen LogP contribution is 2.21. The van der Waals surface area contributed by atoms with Crippen LogP contribution < -0.4 is 5.32 Å². The molecular formula is C13H24N4O. The maximum atomic E-state index is 5.92. The van der Waals surface area contributed by atoms with E-state index in [9.17, 15) is 0 Å². The molecule has 102 valence electrons. The molecule has 0 saturated carbocycles. The summed E-state index contributed by atoms with van der Waals surface area (Å²) in [7, 11) is 1.99. The third-order valence-electron chi connectivity index (χ3n) is 3.64. The Morgan fingerprint density at radius 2 is 2.33 bits per heavy atom. The van der Waals surface area contributed by atoms with Gasteiger partial charge in [-0.2, -0.15) is 5.10 Å². The Morgan fingerprint density at radius 1 is 1.50 bits per heavy atom. The topological polar surface area (TPSA) is 42.3 Å². The molecule has 0 amide bonds. The minimum Gasteiger partial charge on any atom is -0.374 e. The smallest absolute Gasteiger partial charge is 0.0897 e. The Balaban J connectivity index is 2.07. The van der Waals surface area contributed by atoms with E-state index in [-0.39, 0.29) is 12.1 Å². The molecular weight excluding hydrogens is 228 g/mol. The van der Waals surface area contributed by atoms with Gasteiger partial charge in [-0.1, -0.05) is 6.92 Å². The van der Waals surface area contributed by atoms with Gasteiger partial charge in [0.25, 0.3) is 0 Å². The Bertz CT molecular complexity index is 366. The molecule has 2 unspecified atom stereocenters. The number of hydrogen-bond donors (Lipinski definition) is 1. The van der Waals surface area contributed by atoms with E-state index in [0.29, 0.717) is 0 Å². The van der Waals surface area contributed by atoms with Crippen molar-refractivity contribution >= 4 is 0 Å². The van der Waals surface area contributed by atoms with Gasteiger partial charge in [-0.3, -0.25) is 9.58 Å². The van der Waals surface area contributed by atoms with Crippen molar-refractivity contribution in [2.45, 2.75) is 32.5 Å². The van der Waals surface area contributed by atoms with E-state index in [1.807, 2.05) is 17.9 Å². The van der Waals surface area contributed by atoms with Crippen molar-refractivity contribution in [2.75, 3.05) is 33.3 Å². The maximum Gasteiger partial charge on any atom is 0.0897 e. The van der Waals surface area contributed by atoms with Gasteiger partial charge in [-0.15, -0.1) is 0 Å². The minimum absolute atomic E-state index is 0.207. The van der Waals surface area contributed by atoms with E-state index in [1.54, 1.807) is 0 Å². The summed E-state index contributed by atoms with van der Waals surface area (Å²) in [5.74, 6) is 0. The van der Waals surface area contributed by atoms with Crippen molar-refractivity contribution in [1.29, 1.82) is 0 Å². The van der Waals surface area contributed by atoms with Gasteiger partial charge < -0.3 is 10.1 Å². The van der Waals surface area contributed by atoms with Crippen LogP contribution in [-0.4, -0.2) is 54.1 Å². The average Bonchev–Trinajstić information content (AvgIpc) is 2.88. The first-order valence-electron chi connectivity index (χ1n) is 6.82. The van der Waals surface area contributed by atoms with Crippen LogP contribution in [0, 0.1) is 0 Å². The summed E-state index contributed by atoms with van der Waals surface area (Å²) < 4.78 is 7.88. The van der Waals surface area contributed by atoms with Crippen LogP contribution >= 0.6 is 0 Å². The maximum absolute atomic E-state index is 5.92. The molecule has 1 saturated heterocycles. The van der Waals surface area contributed by atoms with E-state index < -0.39 is 0 Å². The van der Waals surface area contributed by atoms with Crippen LogP contribution in [0.2, 0.25) is 0 Å². The summed E-state index contributed by atoms with van der Waals surface area (Å²) in [6, 6.07) is 0.222. The fraction of sp³-hybridized carbons (Fsp3) is 0.769. The number of aryl methyl sites for hydroxylation is 1. The normalized spacial score (nSPS) is 23.2. The molecule has 1 fully saturated rings. The van der Waals surface area contributed by atoms with Crippen molar-refractivity contribution in [3.8, 4) is 0 Å². The third kappa shape index (κ3) is 2.91. The molecule has 1 aliphatic rings. The first-order valence-corrected chi connectivity index (χ1v) is 6.82. The molecule has 5 heteroatoms. The number of likely N-dealkylation sites (N-methyl/N-ethyl adjacent to an activating group) is 2. The van der Waals surface area contributed by atoms with Crippen LogP contribution in [0.3, 0.4) is 0 Å². The van der Waals surface area contributed by atoms with Crippen LogP contribution in [-0.2, 0) is 11.3 Å². The molecule has 1 aliphatic heterocycles. The predicted octanol–water partition coefficient (Wildman–Crippen LogP) is 0.884. The van der Waals surface area contributed by atoms with Crippen LogP contribution in [0.15, 0.2) is 12.4 Å². The number of nitrogens with zero attached hydrogens (tertiary/aromatic N) is 3. The lowest BCUT2D eigenvalue weighted by Gasteiger charge is -2.36. The first kappa shape index (κ1) is 13.5. The van der Waals surface area contributed by atoms with Gasteiger partial charge in [-0.25, -0.2) is 0 Å². The lowest BCUT2D eigenvalue weighted by atomic mass is 10.0. The van der Waals surface area contributed by atoms with Gasteiger partial charge in [0.2, 0.25) is 0 Å². The van der Waals surface area contributed by atoms with Crippen molar-refractivity contribution < 1.29 is 4.74 Å². The number of morpholine rings is 1. The zero-order chi connectivity index (χ0) is 13.0. The summed E-state index contributed by atoms with van der Waals surface area (Å²) in [5, 5.41) is 7.71. The van der Waals surface area contributed by atoms with Gasteiger partial charge >= 0.3 is 0 Å². The summed E-state index contributed by atoms with van der Waals surface area (Å²) in [6.07, 6.45) is 4.26. The highest BCUT2D eigenvalue weighted by atomic mass is 16.5. The van der Waals surface area contributed by atoms with Crippen LogP contribution in [0.1, 0.15) is 25.5 Å². The second-order valence-electron chi connectivity index (χ2n) is 4.70. The van der Waals surface area contributed by atoms with Gasteiger partial charge in [0.15, 0.2) is 0 Å². The van der Waals surface area contributed by atoms with Gasteiger partial charge in [-0.05, 0) is 20.5 Å². The lowest BCUT2D eigenvalue weighted by molar-refractivity contribution is -0.0444. The number of rotatable bonds is 5. The second-order valence-corrected chi connectivity index (χ2v) is 4.70. The van der Waals surface area contributed by atoms with Crippen molar-refractivity contribution in [3.05, 3.63) is 18.0 Å². The average molecular weight is 252 g/mol. The molecule has 0 spiro atoms. The van der Waals surface area contributed by atoms with E-state index in [1.165, 1.54) is 5.56 Å². The largest absolute Gasteiger partial charge is 0.374 e. The number of hydrogen-bond acceptors (Lipinski definition) is 4. The molecule has 18 heavy (non-hydrogen) atoms. The number of nitrogens with one attached hydrogen (secondary N) is 1. The molecule has 2 rings (SSSR count). The number of aromatic nitrogens is 2. The lowest BCUT2D eigenvalue weighted by Crippen LogP contribution is -2.47. The molecule has 0 radical (unpaired) electrons.